The van der Waals surface area contributed by atoms with Gasteiger partial charge in [-0.25, -0.2) is 13.2 Å². The van der Waals surface area contributed by atoms with Gasteiger partial charge >= 0.3 is 0 Å². The van der Waals surface area contributed by atoms with Crippen molar-refractivity contribution >= 4 is 0 Å². The molecule has 21 heavy (non-hydrogen) atoms. The summed E-state index contributed by atoms with van der Waals surface area (Å²) < 4.78 is 45.9. The van der Waals surface area contributed by atoms with Gasteiger partial charge in [0.1, 0.15) is 5.75 Å². The van der Waals surface area contributed by atoms with Crippen molar-refractivity contribution in [2.45, 2.75) is 12.5 Å². The van der Waals surface area contributed by atoms with Crippen molar-refractivity contribution in [2.75, 3.05) is 13.7 Å². The Morgan fingerprint density at radius 2 is 1.90 bits per heavy atom. The smallest absolute Gasteiger partial charge is 0.194 e. The second-order valence-electron chi connectivity index (χ2n) is 4.95. The lowest BCUT2D eigenvalue weighted by molar-refractivity contribution is 0.357. The summed E-state index contributed by atoms with van der Waals surface area (Å²) in [4.78, 5) is 0. The van der Waals surface area contributed by atoms with Crippen LogP contribution in [0.4, 0.5) is 13.2 Å². The van der Waals surface area contributed by atoms with Gasteiger partial charge in [0.05, 0.1) is 12.6 Å². The fraction of sp³-hybridized carbons (Fsp3) is 0.250. The minimum atomic E-state index is -1.45. The first kappa shape index (κ1) is 13.9. The van der Waals surface area contributed by atoms with Crippen molar-refractivity contribution in [1.82, 2.24) is 5.32 Å². The molecule has 1 heterocycles. The predicted octanol–water partition coefficient (Wildman–Crippen LogP) is 3.35. The molecule has 1 N–H and O–H groups in total. The molecule has 5 heteroatoms. The maximum Gasteiger partial charge on any atom is 0.194 e. The van der Waals surface area contributed by atoms with Gasteiger partial charge in [0.25, 0.3) is 0 Å². The molecule has 0 aromatic heterocycles. The molecule has 1 unspecified atom stereocenters. The van der Waals surface area contributed by atoms with Gasteiger partial charge in [0.2, 0.25) is 0 Å². The highest BCUT2D eigenvalue weighted by molar-refractivity contribution is 5.43. The van der Waals surface area contributed by atoms with E-state index in [1.165, 1.54) is 6.07 Å². The highest BCUT2D eigenvalue weighted by Gasteiger charge is 2.22. The summed E-state index contributed by atoms with van der Waals surface area (Å²) in [6, 6.07) is 7.18. The average Bonchev–Trinajstić information content (AvgIpc) is 2.95. The fourth-order valence-corrected chi connectivity index (χ4v) is 2.65. The van der Waals surface area contributed by atoms with Crippen LogP contribution in [0.15, 0.2) is 30.3 Å². The molecule has 0 aliphatic carbocycles. The Balaban J connectivity index is 2.05. The van der Waals surface area contributed by atoms with E-state index in [2.05, 4.69) is 5.32 Å². The van der Waals surface area contributed by atoms with E-state index in [1.807, 2.05) is 12.1 Å². The summed E-state index contributed by atoms with van der Waals surface area (Å²) in [5.74, 6) is -2.98. The first-order valence-corrected chi connectivity index (χ1v) is 6.68. The van der Waals surface area contributed by atoms with E-state index in [4.69, 9.17) is 4.74 Å². The van der Waals surface area contributed by atoms with E-state index in [-0.39, 0.29) is 5.56 Å². The molecule has 1 aliphatic rings. The van der Waals surface area contributed by atoms with Gasteiger partial charge in [-0.15, -0.1) is 0 Å². The van der Waals surface area contributed by atoms with E-state index >= 15 is 0 Å². The second kappa shape index (κ2) is 5.41. The molecule has 2 nitrogen and oxygen atoms in total. The van der Waals surface area contributed by atoms with Crippen molar-refractivity contribution in [3.05, 3.63) is 64.5 Å². The summed E-state index contributed by atoms with van der Waals surface area (Å²) in [5.41, 5.74) is 1.90. The Hall–Kier alpha value is -2.01. The average molecular weight is 293 g/mol. The minimum Gasteiger partial charge on any atom is -0.493 e. The van der Waals surface area contributed by atoms with Crippen LogP contribution < -0.4 is 10.1 Å². The summed E-state index contributed by atoms with van der Waals surface area (Å²) >= 11 is 0. The highest BCUT2D eigenvalue weighted by Crippen LogP contribution is 2.32. The second-order valence-corrected chi connectivity index (χ2v) is 4.95. The zero-order chi connectivity index (χ0) is 15.0. The van der Waals surface area contributed by atoms with Gasteiger partial charge in [-0.1, -0.05) is 18.2 Å². The van der Waals surface area contributed by atoms with Crippen molar-refractivity contribution in [3.8, 4) is 5.75 Å². The Morgan fingerprint density at radius 3 is 2.67 bits per heavy atom. The fourth-order valence-electron chi connectivity index (χ4n) is 2.65. The third kappa shape index (κ3) is 2.38. The molecule has 0 amide bonds. The van der Waals surface area contributed by atoms with Crippen LogP contribution in [0.3, 0.4) is 0 Å². The lowest BCUT2D eigenvalue weighted by Crippen LogP contribution is -2.20. The van der Waals surface area contributed by atoms with Crippen LogP contribution in [0, 0.1) is 17.5 Å². The quantitative estimate of drug-likeness (QED) is 0.876. The minimum absolute atomic E-state index is 0.0789. The standard InChI is InChI=1S/C16H14F3NO/c1-20-16(11-3-4-12(17)15(19)14(11)18)10-2-5-13-9(8-10)6-7-21-13/h2-5,8,16,20H,6-7H2,1H3. The molecular weight excluding hydrogens is 279 g/mol. The zero-order valence-corrected chi connectivity index (χ0v) is 11.4. The zero-order valence-electron chi connectivity index (χ0n) is 11.4. The molecule has 2 aromatic carbocycles. The van der Waals surface area contributed by atoms with Crippen molar-refractivity contribution < 1.29 is 17.9 Å². The van der Waals surface area contributed by atoms with Crippen LogP contribution in [0.25, 0.3) is 0 Å². The lowest BCUT2D eigenvalue weighted by Gasteiger charge is -2.19. The molecule has 1 atom stereocenters. The molecule has 3 rings (SSSR count). The number of hydrogen-bond donors (Lipinski definition) is 1. The molecule has 1 aliphatic heterocycles. The van der Waals surface area contributed by atoms with E-state index < -0.39 is 23.5 Å². The maximum absolute atomic E-state index is 14.0. The number of ether oxygens (including phenoxy) is 1. The third-order valence-electron chi connectivity index (χ3n) is 3.71. The molecule has 2 aromatic rings. The number of rotatable bonds is 3. The molecule has 0 fully saturated rings. The van der Waals surface area contributed by atoms with Gasteiger partial charge in [0, 0.05) is 12.0 Å². The monoisotopic (exact) mass is 293 g/mol. The van der Waals surface area contributed by atoms with Gasteiger partial charge in [-0.2, -0.15) is 0 Å². The normalized spacial score (nSPS) is 14.7. The Kier molecular flexibility index (Phi) is 3.59. The van der Waals surface area contributed by atoms with Crippen LogP contribution in [-0.2, 0) is 6.42 Å². The largest absolute Gasteiger partial charge is 0.493 e. The number of hydrogen-bond acceptors (Lipinski definition) is 2. The molecule has 0 spiro atoms. The van der Waals surface area contributed by atoms with Gasteiger partial charge in [-0.3, -0.25) is 0 Å². The van der Waals surface area contributed by atoms with E-state index in [9.17, 15) is 13.2 Å². The lowest BCUT2D eigenvalue weighted by atomic mass is 9.96. The summed E-state index contributed by atoms with van der Waals surface area (Å²) in [7, 11) is 1.65. The Bertz CT molecular complexity index is 687. The van der Waals surface area contributed by atoms with Crippen LogP contribution in [0.2, 0.25) is 0 Å². The first-order valence-electron chi connectivity index (χ1n) is 6.68. The van der Waals surface area contributed by atoms with E-state index in [1.54, 1.807) is 13.1 Å². The van der Waals surface area contributed by atoms with Crippen LogP contribution in [0.5, 0.6) is 5.75 Å². The number of nitrogens with one attached hydrogen (secondary N) is 1. The Morgan fingerprint density at radius 1 is 1.10 bits per heavy atom. The van der Waals surface area contributed by atoms with Crippen molar-refractivity contribution in [1.29, 1.82) is 0 Å². The molecule has 0 saturated heterocycles. The molecular formula is C16H14F3NO. The van der Waals surface area contributed by atoms with Crippen LogP contribution in [-0.4, -0.2) is 13.7 Å². The topological polar surface area (TPSA) is 21.3 Å². The Labute approximate surface area is 120 Å². The van der Waals surface area contributed by atoms with Crippen LogP contribution in [0.1, 0.15) is 22.7 Å². The SMILES string of the molecule is CNC(c1ccc2c(c1)CCO2)c1ccc(F)c(F)c1F. The predicted molar refractivity (Wildman–Crippen MR) is 72.9 cm³/mol. The van der Waals surface area contributed by atoms with Gasteiger partial charge in [0.15, 0.2) is 17.5 Å². The van der Waals surface area contributed by atoms with E-state index in [0.717, 1.165) is 29.4 Å². The first-order chi connectivity index (χ1) is 10.1. The highest BCUT2D eigenvalue weighted by atomic mass is 19.2. The number of benzene rings is 2. The van der Waals surface area contributed by atoms with Crippen LogP contribution >= 0.6 is 0 Å². The molecule has 0 bridgehead atoms. The van der Waals surface area contributed by atoms with E-state index in [0.29, 0.717) is 6.61 Å². The van der Waals surface area contributed by atoms with Crippen molar-refractivity contribution in [3.63, 3.8) is 0 Å². The molecule has 110 valence electrons. The summed E-state index contributed by atoms with van der Waals surface area (Å²) in [6.07, 6.45) is 0.792. The number of halogens is 3. The van der Waals surface area contributed by atoms with Gasteiger partial charge in [-0.05, 0) is 30.3 Å². The summed E-state index contributed by atoms with van der Waals surface area (Å²) in [5, 5.41) is 2.94. The van der Waals surface area contributed by atoms with Crippen molar-refractivity contribution in [2.24, 2.45) is 0 Å². The molecule has 0 saturated carbocycles. The van der Waals surface area contributed by atoms with Gasteiger partial charge < -0.3 is 10.1 Å². The third-order valence-corrected chi connectivity index (χ3v) is 3.71. The maximum atomic E-state index is 14.0. The summed E-state index contributed by atoms with van der Waals surface area (Å²) in [6.45, 7) is 0.628. The number of fused-ring (bicyclic) bond motifs is 1. The molecule has 0 radical (unpaired) electrons.